The fourth-order valence-electron chi connectivity index (χ4n) is 2.59. The molecule has 0 saturated heterocycles. The van der Waals surface area contributed by atoms with Crippen molar-refractivity contribution in [2.24, 2.45) is 0 Å². The highest BCUT2D eigenvalue weighted by Crippen LogP contribution is 2.33. The second-order valence-electron chi connectivity index (χ2n) is 6.49. The molecule has 0 aromatic heterocycles. The number of rotatable bonds is 5. The summed E-state index contributed by atoms with van der Waals surface area (Å²) in [5.74, 6) is 0.793. The highest BCUT2D eigenvalue weighted by molar-refractivity contribution is 5.70. The largest absolute Gasteiger partial charge is 0.508 e. The molecule has 0 unspecified atom stereocenters. The van der Waals surface area contributed by atoms with Gasteiger partial charge in [0.1, 0.15) is 11.5 Å². The van der Waals surface area contributed by atoms with Gasteiger partial charge in [-0.1, -0.05) is 45.0 Å². The van der Waals surface area contributed by atoms with Gasteiger partial charge in [0.15, 0.2) is 0 Å². The molecule has 1 N–H and O–H groups in total. The van der Waals surface area contributed by atoms with Crippen LogP contribution in [-0.4, -0.2) is 29.7 Å². The first kappa shape index (κ1) is 17.9. The van der Waals surface area contributed by atoms with Gasteiger partial charge in [-0.05, 0) is 41.8 Å². The normalized spacial score (nSPS) is 11.2. The highest BCUT2D eigenvalue weighted by Gasteiger charge is 2.23. The van der Waals surface area contributed by atoms with Gasteiger partial charge >= 0.3 is 6.09 Å². The second kappa shape index (κ2) is 7.39. The van der Waals surface area contributed by atoms with Crippen molar-refractivity contribution in [1.82, 2.24) is 4.90 Å². The molecule has 1 amide bonds. The lowest BCUT2D eigenvalue weighted by atomic mass is 9.78. The first-order chi connectivity index (χ1) is 11.3. The van der Waals surface area contributed by atoms with Gasteiger partial charge < -0.3 is 14.7 Å². The van der Waals surface area contributed by atoms with Gasteiger partial charge in [0.25, 0.3) is 0 Å². The Hall–Kier alpha value is -2.49. The van der Waals surface area contributed by atoms with Crippen molar-refractivity contribution in [3.63, 3.8) is 0 Å². The van der Waals surface area contributed by atoms with Crippen LogP contribution in [0.4, 0.5) is 4.79 Å². The van der Waals surface area contributed by atoms with Crippen LogP contribution in [0.25, 0.3) is 0 Å². The van der Waals surface area contributed by atoms with Crippen LogP contribution in [0.1, 0.15) is 38.3 Å². The molecule has 2 rings (SSSR count). The van der Waals surface area contributed by atoms with Gasteiger partial charge in [0.05, 0.1) is 0 Å². The molecule has 0 aliphatic rings. The van der Waals surface area contributed by atoms with Crippen LogP contribution in [-0.2, 0) is 5.41 Å². The number of phenols is 1. The molecule has 4 nitrogen and oxygen atoms in total. The zero-order valence-electron chi connectivity index (χ0n) is 14.7. The summed E-state index contributed by atoms with van der Waals surface area (Å²) >= 11 is 0. The van der Waals surface area contributed by atoms with Gasteiger partial charge in [0, 0.05) is 19.0 Å². The van der Waals surface area contributed by atoms with Gasteiger partial charge in [0.2, 0.25) is 0 Å². The van der Waals surface area contributed by atoms with E-state index in [2.05, 4.69) is 13.8 Å². The maximum atomic E-state index is 11.9. The van der Waals surface area contributed by atoms with Crippen LogP contribution in [0, 0.1) is 0 Å². The van der Waals surface area contributed by atoms with Crippen LogP contribution in [0.3, 0.4) is 0 Å². The molecule has 24 heavy (non-hydrogen) atoms. The van der Waals surface area contributed by atoms with Crippen molar-refractivity contribution >= 4 is 6.09 Å². The number of ether oxygens (including phenoxy) is 1. The lowest BCUT2D eigenvalue weighted by Crippen LogP contribution is -2.30. The molecule has 0 fully saturated rings. The van der Waals surface area contributed by atoms with Gasteiger partial charge in [-0.15, -0.1) is 0 Å². The Kier molecular flexibility index (Phi) is 5.50. The minimum Gasteiger partial charge on any atom is -0.508 e. The fourth-order valence-corrected chi connectivity index (χ4v) is 2.59. The third-order valence-electron chi connectivity index (χ3n) is 4.24. The Bertz CT molecular complexity index is 675. The van der Waals surface area contributed by atoms with Crippen LogP contribution < -0.4 is 4.74 Å². The van der Waals surface area contributed by atoms with Crippen molar-refractivity contribution in [3.05, 3.63) is 59.7 Å². The summed E-state index contributed by atoms with van der Waals surface area (Å²) in [6, 6.07) is 14.8. The predicted molar refractivity (Wildman–Crippen MR) is 95.6 cm³/mol. The maximum Gasteiger partial charge on any atom is 0.414 e. The Morgan fingerprint density at radius 1 is 1.04 bits per heavy atom. The summed E-state index contributed by atoms with van der Waals surface area (Å²) in [5, 5.41) is 9.44. The van der Waals surface area contributed by atoms with Crippen molar-refractivity contribution in [2.75, 3.05) is 13.6 Å². The van der Waals surface area contributed by atoms with E-state index in [0.717, 1.165) is 17.5 Å². The number of hydrogen-bond donors (Lipinski definition) is 1. The molecule has 0 aliphatic carbocycles. The van der Waals surface area contributed by atoms with Crippen LogP contribution in [0.5, 0.6) is 11.5 Å². The van der Waals surface area contributed by atoms with E-state index in [9.17, 15) is 9.90 Å². The minimum atomic E-state index is -0.345. The molecule has 2 aromatic rings. The molecular weight excluding hydrogens is 302 g/mol. The smallest absolute Gasteiger partial charge is 0.414 e. The SMILES string of the molecule is CCCN(C)C(=O)Oc1ccc(C(C)(C)c2ccc(O)cc2)cc1. The van der Waals surface area contributed by atoms with Gasteiger partial charge in [-0.2, -0.15) is 0 Å². The summed E-state index contributed by atoms with van der Waals surface area (Å²) < 4.78 is 5.37. The van der Waals surface area contributed by atoms with Crippen molar-refractivity contribution in [1.29, 1.82) is 0 Å². The molecule has 2 aromatic carbocycles. The quantitative estimate of drug-likeness (QED) is 0.876. The molecule has 128 valence electrons. The molecular formula is C20H25NO3. The summed E-state index contributed by atoms with van der Waals surface area (Å²) in [4.78, 5) is 13.5. The third-order valence-corrected chi connectivity index (χ3v) is 4.24. The first-order valence-corrected chi connectivity index (χ1v) is 8.17. The van der Waals surface area contributed by atoms with E-state index < -0.39 is 0 Å². The van der Waals surface area contributed by atoms with Crippen molar-refractivity contribution in [3.8, 4) is 11.5 Å². The minimum absolute atomic E-state index is 0.213. The van der Waals surface area contributed by atoms with Crippen molar-refractivity contribution < 1.29 is 14.6 Å². The average Bonchev–Trinajstić information content (AvgIpc) is 2.56. The summed E-state index contributed by atoms with van der Waals surface area (Å²) in [5.41, 5.74) is 2.00. The van der Waals surface area contributed by atoms with Gasteiger partial charge in [-0.25, -0.2) is 4.79 Å². The van der Waals surface area contributed by atoms with E-state index in [-0.39, 0.29) is 17.3 Å². The lowest BCUT2D eigenvalue weighted by molar-refractivity contribution is 0.163. The van der Waals surface area contributed by atoms with Gasteiger partial charge in [-0.3, -0.25) is 0 Å². The first-order valence-electron chi connectivity index (χ1n) is 8.17. The Labute approximate surface area is 143 Å². The number of amides is 1. The van der Waals surface area contributed by atoms with E-state index in [1.54, 1.807) is 24.1 Å². The van der Waals surface area contributed by atoms with E-state index in [4.69, 9.17) is 4.74 Å². The molecule has 4 heteroatoms. The number of hydrogen-bond acceptors (Lipinski definition) is 3. The van der Waals surface area contributed by atoms with E-state index in [1.807, 2.05) is 43.3 Å². The average molecular weight is 327 g/mol. The topological polar surface area (TPSA) is 49.8 Å². The third kappa shape index (κ3) is 4.07. The van der Waals surface area contributed by atoms with Crippen molar-refractivity contribution in [2.45, 2.75) is 32.6 Å². The summed E-state index contributed by atoms with van der Waals surface area (Å²) in [6.07, 6.45) is 0.549. The standard InChI is InChI=1S/C20H25NO3/c1-5-14-21(4)19(23)24-18-12-8-16(9-13-18)20(2,3)15-6-10-17(22)11-7-15/h6-13,22H,5,14H2,1-4H3. The number of phenolic OH excluding ortho intramolecular Hbond substituents is 1. The molecule has 0 spiro atoms. The molecule has 0 heterocycles. The Morgan fingerprint density at radius 3 is 2.04 bits per heavy atom. The lowest BCUT2D eigenvalue weighted by Gasteiger charge is -2.26. The maximum absolute atomic E-state index is 11.9. The van der Waals surface area contributed by atoms with E-state index >= 15 is 0 Å². The van der Waals surface area contributed by atoms with Crippen LogP contribution >= 0.6 is 0 Å². The molecule has 0 aliphatic heterocycles. The Balaban J connectivity index is 2.13. The molecule has 0 atom stereocenters. The summed E-state index contributed by atoms with van der Waals surface area (Å²) in [6.45, 7) is 6.93. The second-order valence-corrected chi connectivity index (χ2v) is 6.49. The van der Waals surface area contributed by atoms with E-state index in [0.29, 0.717) is 12.3 Å². The number of carbonyl (C=O) groups is 1. The molecule has 0 bridgehead atoms. The number of aromatic hydroxyl groups is 1. The zero-order chi connectivity index (χ0) is 17.7. The van der Waals surface area contributed by atoms with E-state index in [1.165, 1.54) is 0 Å². The monoisotopic (exact) mass is 327 g/mol. The number of benzene rings is 2. The number of carbonyl (C=O) groups excluding carboxylic acids is 1. The Morgan fingerprint density at radius 2 is 1.54 bits per heavy atom. The molecule has 0 radical (unpaired) electrons. The fraction of sp³-hybridized carbons (Fsp3) is 0.350. The predicted octanol–water partition coefficient (Wildman–Crippen LogP) is 4.56. The highest BCUT2D eigenvalue weighted by atomic mass is 16.6. The zero-order valence-corrected chi connectivity index (χ0v) is 14.7. The van der Waals surface area contributed by atoms with Crippen LogP contribution in [0.2, 0.25) is 0 Å². The van der Waals surface area contributed by atoms with Crippen LogP contribution in [0.15, 0.2) is 48.5 Å². The number of nitrogens with zero attached hydrogens (tertiary/aromatic N) is 1. The molecule has 0 saturated carbocycles. The summed E-state index contributed by atoms with van der Waals surface area (Å²) in [7, 11) is 1.73.